The number of carboxylic acids is 1. The van der Waals surface area contributed by atoms with Gasteiger partial charge in [0.05, 0.1) is 0 Å². The van der Waals surface area contributed by atoms with Gasteiger partial charge in [0, 0.05) is 5.97 Å². The van der Waals surface area contributed by atoms with Crippen LogP contribution in [0.4, 0.5) is 0 Å². The summed E-state index contributed by atoms with van der Waals surface area (Å²) in [6.45, 7) is 2.96. The molecule has 0 aliphatic carbocycles. The molecule has 0 fully saturated rings. The molecule has 0 aliphatic heterocycles. The minimum atomic E-state index is -1.08. The Morgan fingerprint density at radius 1 is 1.86 bits per heavy atom. The number of aliphatic carboxylic acids is 1. The zero-order valence-corrected chi connectivity index (χ0v) is 5.40. The summed E-state index contributed by atoms with van der Waals surface area (Å²) in [6, 6.07) is 0. The molecule has 0 aromatic carbocycles. The van der Waals surface area contributed by atoms with Crippen LogP contribution in [0.1, 0.15) is 13.8 Å². The molecule has 0 unspecified atom stereocenters. The molecule has 0 saturated carbocycles. The third-order valence-electron chi connectivity index (χ3n) is 0. The average molecular weight is 147 g/mol. The van der Waals surface area contributed by atoms with Gasteiger partial charge in [-0.15, -0.1) is 0 Å². The summed E-state index contributed by atoms with van der Waals surface area (Å²) in [4.78, 5) is 8.89. The van der Waals surface area contributed by atoms with Crippen LogP contribution in [0.15, 0.2) is 0 Å². The van der Waals surface area contributed by atoms with E-state index in [2.05, 4.69) is 15.7 Å². The third-order valence-corrected chi connectivity index (χ3v) is 0. The van der Waals surface area contributed by atoms with E-state index in [9.17, 15) is 0 Å². The quantitative estimate of drug-likeness (QED) is 0.473. The number of hydrogen-bond acceptors (Lipinski definition) is 2. The topological polar surface area (TPSA) is 40.1 Å². The molecule has 0 spiro atoms. The van der Waals surface area contributed by atoms with Gasteiger partial charge in [0.15, 0.2) is 0 Å². The second-order valence-electron chi connectivity index (χ2n) is 0.727. The summed E-state index contributed by atoms with van der Waals surface area (Å²) in [6.07, 6.45) is 0. The van der Waals surface area contributed by atoms with E-state index in [1.807, 2.05) is 6.92 Å². The molecule has 0 aromatic heterocycles. The predicted octanol–water partition coefficient (Wildman–Crippen LogP) is -0.272. The van der Waals surface area contributed by atoms with Crippen molar-refractivity contribution in [2.75, 3.05) is 0 Å². The SMILES string of the molecule is CC(=O)[O-].C[CH2][Co+]. The monoisotopic (exact) mass is 147 g/mol. The van der Waals surface area contributed by atoms with Gasteiger partial charge >= 0.3 is 28.0 Å². The van der Waals surface area contributed by atoms with E-state index >= 15 is 0 Å². The van der Waals surface area contributed by atoms with Crippen LogP contribution in [-0.4, -0.2) is 5.97 Å². The van der Waals surface area contributed by atoms with Crippen LogP contribution < -0.4 is 5.11 Å². The number of carboxylic acid groups (broad SMARTS) is 1. The molecular weight excluding hydrogens is 139 g/mol. The number of carbonyl (C=O) groups excluding carboxylic acids is 1. The van der Waals surface area contributed by atoms with Crippen LogP contribution >= 0.6 is 0 Å². The van der Waals surface area contributed by atoms with Crippen molar-refractivity contribution in [2.24, 2.45) is 0 Å². The fraction of sp³-hybridized carbons (Fsp3) is 0.750. The Kier molecular flexibility index (Phi) is 13.5. The van der Waals surface area contributed by atoms with E-state index in [1.165, 1.54) is 0 Å². The van der Waals surface area contributed by atoms with Crippen molar-refractivity contribution in [3.8, 4) is 0 Å². The summed E-state index contributed by atoms with van der Waals surface area (Å²) in [5.74, 6) is -1.08. The molecular formula is C4H8CoO2. The van der Waals surface area contributed by atoms with Crippen molar-refractivity contribution in [1.29, 1.82) is 0 Å². The molecule has 0 bridgehead atoms. The van der Waals surface area contributed by atoms with Gasteiger partial charge < -0.3 is 9.90 Å². The molecule has 0 atom stereocenters. The van der Waals surface area contributed by atoms with Gasteiger partial charge in [0.1, 0.15) is 0 Å². The second-order valence-corrected chi connectivity index (χ2v) is 1.46. The van der Waals surface area contributed by atoms with Crippen LogP contribution in [0.5, 0.6) is 0 Å². The Balaban J connectivity index is 0. The normalized spacial score (nSPS) is 6.14. The molecule has 0 aliphatic rings. The molecule has 0 aromatic rings. The van der Waals surface area contributed by atoms with Crippen molar-refractivity contribution in [3.05, 3.63) is 0 Å². The van der Waals surface area contributed by atoms with Crippen LogP contribution in [-0.2, 0) is 20.5 Å². The van der Waals surface area contributed by atoms with Crippen molar-refractivity contribution < 1.29 is 25.6 Å². The number of carbonyl (C=O) groups is 1. The minimum absolute atomic E-state index is 0.938. The molecule has 3 heteroatoms. The summed E-state index contributed by atoms with van der Waals surface area (Å²) in [5.41, 5.74) is 0. The Hall–Kier alpha value is -0.0235. The van der Waals surface area contributed by atoms with Gasteiger partial charge in [0.25, 0.3) is 0 Å². The van der Waals surface area contributed by atoms with E-state index in [0.29, 0.717) is 0 Å². The van der Waals surface area contributed by atoms with Crippen molar-refractivity contribution in [2.45, 2.75) is 19.2 Å². The molecule has 2 nitrogen and oxygen atoms in total. The molecule has 0 N–H and O–H groups in total. The third kappa shape index (κ3) is 171000. The summed E-state index contributed by atoms with van der Waals surface area (Å²) < 4.78 is 0. The molecule has 0 rings (SSSR count). The fourth-order valence-electron chi connectivity index (χ4n) is 0. The second kappa shape index (κ2) is 9.36. The summed E-state index contributed by atoms with van der Waals surface area (Å²) >= 11 is 3.83. The van der Waals surface area contributed by atoms with Gasteiger partial charge in [-0.1, -0.05) is 0 Å². The zero-order chi connectivity index (χ0) is 6.28. The van der Waals surface area contributed by atoms with E-state index in [4.69, 9.17) is 9.90 Å². The van der Waals surface area contributed by atoms with E-state index < -0.39 is 5.97 Å². The Morgan fingerprint density at radius 2 is 1.86 bits per heavy atom. The maximum atomic E-state index is 8.89. The van der Waals surface area contributed by atoms with E-state index in [1.54, 1.807) is 0 Å². The van der Waals surface area contributed by atoms with Gasteiger partial charge in [-0.3, -0.25) is 0 Å². The molecule has 0 heterocycles. The van der Waals surface area contributed by atoms with Crippen molar-refractivity contribution >= 4 is 5.97 Å². The van der Waals surface area contributed by atoms with Gasteiger partial charge in [-0.25, -0.2) is 0 Å². The first-order valence-corrected chi connectivity index (χ1v) is 2.59. The standard InChI is InChI=1S/C2H4O2.C2H5.Co/c1-2(3)4;1-2;/h1H3,(H,3,4);1H2,2H3;/q;;+1/p-1. The van der Waals surface area contributed by atoms with Crippen molar-refractivity contribution in [3.63, 3.8) is 0 Å². The Bertz CT molecular complexity index is 41.0. The molecule has 7 heavy (non-hydrogen) atoms. The Labute approximate surface area is 51.5 Å². The fourth-order valence-corrected chi connectivity index (χ4v) is 0. The first-order chi connectivity index (χ1) is 3.15. The summed E-state index contributed by atoms with van der Waals surface area (Å²) in [5, 5.41) is 9.83. The van der Waals surface area contributed by atoms with Gasteiger partial charge in [-0.05, 0) is 6.92 Å². The Morgan fingerprint density at radius 3 is 1.86 bits per heavy atom. The van der Waals surface area contributed by atoms with Crippen LogP contribution in [0.2, 0.25) is 5.36 Å². The van der Waals surface area contributed by atoms with E-state index in [-0.39, 0.29) is 0 Å². The number of rotatable bonds is 0. The molecule has 45 valence electrons. The van der Waals surface area contributed by atoms with Crippen LogP contribution in [0.3, 0.4) is 0 Å². The maximum absolute atomic E-state index is 8.89. The van der Waals surface area contributed by atoms with E-state index in [0.717, 1.165) is 12.3 Å². The molecule has 0 saturated heterocycles. The van der Waals surface area contributed by atoms with Crippen LogP contribution in [0.25, 0.3) is 0 Å². The van der Waals surface area contributed by atoms with Gasteiger partial charge in [-0.2, -0.15) is 0 Å². The molecule has 0 radical (unpaired) electrons. The average Bonchev–Trinajstić information content (AvgIpc) is 1.33. The first-order valence-electron chi connectivity index (χ1n) is 1.85. The van der Waals surface area contributed by atoms with Crippen LogP contribution in [0, 0.1) is 0 Å². The predicted molar refractivity (Wildman–Crippen MR) is 21.2 cm³/mol. The van der Waals surface area contributed by atoms with Crippen molar-refractivity contribution in [1.82, 2.24) is 0 Å². The zero-order valence-electron chi connectivity index (χ0n) is 4.36. The summed E-state index contributed by atoms with van der Waals surface area (Å²) in [7, 11) is 0. The first kappa shape index (κ1) is 10.1. The van der Waals surface area contributed by atoms with Gasteiger partial charge in [0.2, 0.25) is 0 Å². The molecule has 0 amide bonds. The number of hydrogen-bond donors (Lipinski definition) is 0.